The Hall–Kier alpha value is -2.14. The minimum absolute atomic E-state index is 0.328. The zero-order valence-corrected chi connectivity index (χ0v) is 12.3. The third-order valence-corrected chi connectivity index (χ3v) is 3.68. The third kappa shape index (κ3) is 2.83. The lowest BCUT2D eigenvalue weighted by atomic mass is 10.0. The minimum Gasteiger partial charge on any atom is -0.382 e. The first-order valence-corrected chi connectivity index (χ1v) is 7.13. The van der Waals surface area contributed by atoms with Crippen LogP contribution in [0.15, 0.2) is 24.3 Å². The van der Waals surface area contributed by atoms with Crippen LogP contribution in [0.1, 0.15) is 28.9 Å². The number of anilines is 1. The average molecular weight is 303 g/mol. The number of carbonyl (C=O) groups is 1. The van der Waals surface area contributed by atoms with Crippen molar-refractivity contribution < 1.29 is 4.79 Å². The summed E-state index contributed by atoms with van der Waals surface area (Å²) in [7, 11) is 0. The quantitative estimate of drug-likeness (QED) is 0.910. The summed E-state index contributed by atoms with van der Waals surface area (Å²) in [5.41, 5.74) is 8.37. The van der Waals surface area contributed by atoms with Crippen molar-refractivity contribution >= 4 is 23.2 Å². The van der Waals surface area contributed by atoms with Gasteiger partial charge in [0, 0.05) is 17.3 Å². The summed E-state index contributed by atoms with van der Waals surface area (Å²) in [4.78, 5) is 11.7. The topological polar surface area (TPSA) is 80.9 Å². The molecule has 0 radical (unpaired) electrons. The molecule has 0 saturated heterocycles. The van der Waals surface area contributed by atoms with Crippen molar-refractivity contribution in [2.45, 2.75) is 25.8 Å². The molecule has 0 spiro atoms. The van der Waals surface area contributed by atoms with Crippen molar-refractivity contribution in [3.8, 4) is 11.3 Å². The van der Waals surface area contributed by atoms with Gasteiger partial charge in [-0.15, -0.1) is 5.10 Å². The highest BCUT2D eigenvalue weighted by Gasteiger charge is 2.24. The number of nitrogens with zero attached hydrogens (tertiary/aromatic N) is 2. The second kappa shape index (κ2) is 5.33. The van der Waals surface area contributed by atoms with Crippen molar-refractivity contribution in [3.05, 3.63) is 40.5 Å². The molecule has 5 nitrogen and oxygen atoms in total. The van der Waals surface area contributed by atoms with Gasteiger partial charge in [-0.1, -0.05) is 17.7 Å². The predicted octanol–water partition coefficient (Wildman–Crippen LogP) is 2.78. The largest absolute Gasteiger partial charge is 0.382 e. The number of halogens is 1. The second-order valence-electron chi connectivity index (χ2n) is 5.19. The Morgan fingerprint density at radius 3 is 2.81 bits per heavy atom. The summed E-state index contributed by atoms with van der Waals surface area (Å²) in [5, 5.41) is 12.1. The molecule has 3 rings (SSSR count). The van der Waals surface area contributed by atoms with Crippen LogP contribution in [0.4, 0.5) is 5.69 Å². The van der Waals surface area contributed by atoms with E-state index in [0.29, 0.717) is 33.6 Å². The normalized spacial score (nSPS) is 14.0. The van der Waals surface area contributed by atoms with Gasteiger partial charge in [0.05, 0.1) is 16.3 Å². The monoisotopic (exact) mass is 302 g/mol. The first-order chi connectivity index (χ1) is 10.1. The van der Waals surface area contributed by atoms with Crippen molar-refractivity contribution in [3.63, 3.8) is 0 Å². The minimum atomic E-state index is -0.541. The van der Waals surface area contributed by atoms with E-state index in [9.17, 15) is 4.79 Å². The molecule has 1 amide bonds. The Balaban J connectivity index is 2.17. The highest BCUT2D eigenvalue weighted by atomic mass is 35.5. The maximum Gasteiger partial charge on any atom is 0.251 e. The van der Waals surface area contributed by atoms with Gasteiger partial charge in [0.1, 0.15) is 5.69 Å². The smallest absolute Gasteiger partial charge is 0.251 e. The molecule has 1 aromatic heterocycles. The number of carbonyl (C=O) groups excluding carboxylic acids is 1. The van der Waals surface area contributed by atoms with Crippen LogP contribution in [0.3, 0.4) is 0 Å². The molecular weight excluding hydrogens is 288 g/mol. The molecule has 0 atom stereocenters. The predicted molar refractivity (Wildman–Crippen MR) is 82.4 cm³/mol. The van der Waals surface area contributed by atoms with Crippen LogP contribution in [-0.2, 0) is 0 Å². The molecule has 2 aromatic rings. The summed E-state index contributed by atoms with van der Waals surface area (Å²) in [6, 6.07) is 7.64. The molecule has 0 unspecified atom stereocenters. The Labute approximate surface area is 127 Å². The number of aryl methyl sites for hydroxylation is 1. The number of rotatable bonds is 4. The highest BCUT2D eigenvalue weighted by Crippen LogP contribution is 2.37. The lowest BCUT2D eigenvalue weighted by Gasteiger charge is -2.14. The van der Waals surface area contributed by atoms with Gasteiger partial charge in [0.25, 0.3) is 5.91 Å². The first-order valence-electron chi connectivity index (χ1n) is 6.76. The van der Waals surface area contributed by atoms with E-state index in [1.807, 2.05) is 12.1 Å². The standard InChI is InChI=1S/C15H15ClN4O/c1-8-7-10(15(17)21)14(20-19-8)13-11(16)3-2-4-12(13)18-9-5-6-9/h2-4,7,9,18H,5-6H2,1H3,(H2,17,21). The Morgan fingerprint density at radius 1 is 1.38 bits per heavy atom. The molecule has 6 heteroatoms. The van der Waals surface area contributed by atoms with Crippen LogP contribution in [0, 0.1) is 6.92 Å². The fraction of sp³-hybridized carbons (Fsp3) is 0.267. The number of nitrogens with two attached hydrogens (primary N) is 1. The van der Waals surface area contributed by atoms with Crippen LogP contribution in [0.25, 0.3) is 11.3 Å². The molecule has 1 aliphatic carbocycles. The molecular formula is C15H15ClN4O. The van der Waals surface area contributed by atoms with Gasteiger partial charge in [0.15, 0.2) is 0 Å². The SMILES string of the molecule is Cc1cc(C(N)=O)c(-c2c(Cl)cccc2NC2CC2)nn1. The number of hydrogen-bond donors (Lipinski definition) is 2. The lowest BCUT2D eigenvalue weighted by Crippen LogP contribution is -2.15. The van der Waals surface area contributed by atoms with Gasteiger partial charge in [-0.2, -0.15) is 5.10 Å². The molecule has 1 heterocycles. The van der Waals surface area contributed by atoms with Crippen LogP contribution >= 0.6 is 11.6 Å². The maximum absolute atomic E-state index is 11.7. The van der Waals surface area contributed by atoms with E-state index >= 15 is 0 Å². The molecule has 1 aromatic carbocycles. The van der Waals surface area contributed by atoms with E-state index in [-0.39, 0.29) is 0 Å². The molecule has 108 valence electrons. The van der Waals surface area contributed by atoms with Crippen molar-refractivity contribution in [2.75, 3.05) is 5.32 Å². The van der Waals surface area contributed by atoms with Gasteiger partial charge in [-0.25, -0.2) is 0 Å². The van der Waals surface area contributed by atoms with Gasteiger partial charge in [-0.3, -0.25) is 4.79 Å². The van der Waals surface area contributed by atoms with E-state index in [1.165, 1.54) is 0 Å². The van der Waals surface area contributed by atoms with Gasteiger partial charge in [0.2, 0.25) is 0 Å². The molecule has 3 N–H and O–H groups in total. The molecule has 0 aliphatic heterocycles. The van der Waals surface area contributed by atoms with E-state index < -0.39 is 5.91 Å². The number of primary amides is 1. The van der Waals surface area contributed by atoms with Crippen LogP contribution in [0.5, 0.6) is 0 Å². The van der Waals surface area contributed by atoms with Crippen LogP contribution in [0.2, 0.25) is 5.02 Å². The van der Waals surface area contributed by atoms with Crippen molar-refractivity contribution in [1.82, 2.24) is 10.2 Å². The summed E-state index contributed by atoms with van der Waals surface area (Å²) in [6.45, 7) is 1.76. The third-order valence-electron chi connectivity index (χ3n) is 3.37. The van der Waals surface area contributed by atoms with Gasteiger partial charge in [-0.05, 0) is 38.0 Å². The molecule has 1 saturated carbocycles. The van der Waals surface area contributed by atoms with Crippen molar-refractivity contribution in [1.29, 1.82) is 0 Å². The zero-order valence-electron chi connectivity index (χ0n) is 11.6. The Bertz CT molecular complexity index is 713. The van der Waals surface area contributed by atoms with Crippen LogP contribution < -0.4 is 11.1 Å². The van der Waals surface area contributed by atoms with Crippen LogP contribution in [-0.4, -0.2) is 22.1 Å². The van der Waals surface area contributed by atoms with Gasteiger partial charge >= 0.3 is 0 Å². The van der Waals surface area contributed by atoms with E-state index in [2.05, 4.69) is 15.5 Å². The van der Waals surface area contributed by atoms with Gasteiger partial charge < -0.3 is 11.1 Å². The van der Waals surface area contributed by atoms with E-state index in [1.54, 1.807) is 19.1 Å². The highest BCUT2D eigenvalue weighted by molar-refractivity contribution is 6.34. The Kier molecular flexibility index (Phi) is 3.51. The summed E-state index contributed by atoms with van der Waals surface area (Å²) >= 11 is 6.32. The molecule has 0 bridgehead atoms. The average Bonchev–Trinajstić information content (AvgIpc) is 3.24. The summed E-state index contributed by atoms with van der Waals surface area (Å²) in [6.07, 6.45) is 2.27. The molecule has 1 fully saturated rings. The Morgan fingerprint density at radius 2 is 2.14 bits per heavy atom. The fourth-order valence-electron chi connectivity index (χ4n) is 2.19. The number of aromatic nitrogens is 2. The zero-order chi connectivity index (χ0) is 15.0. The number of hydrogen-bond acceptors (Lipinski definition) is 4. The van der Waals surface area contributed by atoms with E-state index in [4.69, 9.17) is 17.3 Å². The lowest BCUT2D eigenvalue weighted by molar-refractivity contribution is 0.100. The van der Waals surface area contributed by atoms with E-state index in [0.717, 1.165) is 18.5 Å². The maximum atomic E-state index is 11.7. The summed E-state index contributed by atoms with van der Waals surface area (Å²) in [5.74, 6) is -0.541. The number of amides is 1. The number of benzene rings is 1. The fourth-order valence-corrected chi connectivity index (χ4v) is 2.46. The second-order valence-corrected chi connectivity index (χ2v) is 5.60. The first kappa shape index (κ1) is 13.8. The van der Waals surface area contributed by atoms with Crippen molar-refractivity contribution in [2.24, 2.45) is 5.73 Å². The number of nitrogens with one attached hydrogen (secondary N) is 1. The molecule has 1 aliphatic rings. The molecule has 21 heavy (non-hydrogen) atoms. The summed E-state index contributed by atoms with van der Waals surface area (Å²) < 4.78 is 0.